The topological polar surface area (TPSA) is 75.3 Å². The Bertz CT molecular complexity index is 882. The number of amides is 1. The Morgan fingerprint density at radius 3 is 2.19 bits per heavy atom. The SMILES string of the molecule is CC(C)NS(=O)(=O)Cc1ccc(CNC(=O)c2ccc(F)c(F)c2)cc1. The van der Waals surface area contributed by atoms with Crippen molar-refractivity contribution in [2.45, 2.75) is 32.2 Å². The van der Waals surface area contributed by atoms with Crippen LogP contribution in [0.3, 0.4) is 0 Å². The molecule has 0 saturated heterocycles. The Morgan fingerprint density at radius 2 is 1.62 bits per heavy atom. The highest BCUT2D eigenvalue weighted by atomic mass is 32.2. The standard InChI is InChI=1S/C18H20F2N2O3S/c1-12(2)22-26(24,25)11-14-5-3-13(4-6-14)10-21-18(23)15-7-8-16(19)17(20)9-15/h3-9,12,22H,10-11H2,1-2H3,(H,21,23). The summed E-state index contributed by atoms with van der Waals surface area (Å²) in [5.74, 6) is -2.76. The molecular formula is C18H20F2N2O3S. The smallest absolute Gasteiger partial charge is 0.251 e. The minimum Gasteiger partial charge on any atom is -0.348 e. The molecule has 2 aromatic carbocycles. The molecule has 0 unspecified atom stereocenters. The molecule has 5 nitrogen and oxygen atoms in total. The van der Waals surface area contributed by atoms with E-state index in [0.29, 0.717) is 5.56 Å². The molecule has 26 heavy (non-hydrogen) atoms. The summed E-state index contributed by atoms with van der Waals surface area (Å²) in [5.41, 5.74) is 1.39. The van der Waals surface area contributed by atoms with Crippen LogP contribution in [0.1, 0.15) is 35.3 Å². The lowest BCUT2D eigenvalue weighted by molar-refractivity contribution is 0.0950. The van der Waals surface area contributed by atoms with E-state index in [4.69, 9.17) is 0 Å². The zero-order chi connectivity index (χ0) is 19.3. The number of hydrogen-bond donors (Lipinski definition) is 2. The molecular weight excluding hydrogens is 362 g/mol. The van der Waals surface area contributed by atoms with E-state index in [-0.39, 0.29) is 23.9 Å². The summed E-state index contributed by atoms with van der Waals surface area (Å²) in [4.78, 5) is 12.0. The van der Waals surface area contributed by atoms with E-state index in [1.807, 2.05) is 0 Å². The maximum atomic E-state index is 13.2. The summed E-state index contributed by atoms with van der Waals surface area (Å²) in [5, 5.41) is 2.60. The van der Waals surface area contributed by atoms with Gasteiger partial charge < -0.3 is 5.32 Å². The van der Waals surface area contributed by atoms with E-state index in [1.54, 1.807) is 38.1 Å². The van der Waals surface area contributed by atoms with Gasteiger partial charge in [-0.1, -0.05) is 24.3 Å². The summed E-state index contributed by atoms with van der Waals surface area (Å²) in [7, 11) is -3.40. The van der Waals surface area contributed by atoms with Crippen LogP contribution in [-0.2, 0) is 22.3 Å². The van der Waals surface area contributed by atoms with Crippen LogP contribution in [0.4, 0.5) is 8.78 Å². The fraction of sp³-hybridized carbons (Fsp3) is 0.278. The summed E-state index contributed by atoms with van der Waals surface area (Å²) < 4.78 is 52.3. The van der Waals surface area contributed by atoms with E-state index < -0.39 is 27.6 Å². The van der Waals surface area contributed by atoms with Gasteiger partial charge in [-0.05, 0) is 43.2 Å². The van der Waals surface area contributed by atoms with E-state index in [1.165, 1.54) is 6.07 Å². The zero-order valence-corrected chi connectivity index (χ0v) is 15.2. The molecule has 0 atom stereocenters. The lowest BCUT2D eigenvalue weighted by atomic mass is 10.1. The van der Waals surface area contributed by atoms with Crippen LogP contribution in [0.2, 0.25) is 0 Å². The van der Waals surface area contributed by atoms with Gasteiger partial charge in [0.1, 0.15) is 0 Å². The largest absolute Gasteiger partial charge is 0.348 e. The Hall–Kier alpha value is -2.32. The highest BCUT2D eigenvalue weighted by Gasteiger charge is 2.13. The number of carbonyl (C=O) groups excluding carboxylic acids is 1. The average Bonchev–Trinajstić information content (AvgIpc) is 2.55. The van der Waals surface area contributed by atoms with Crippen molar-refractivity contribution in [2.24, 2.45) is 0 Å². The van der Waals surface area contributed by atoms with E-state index >= 15 is 0 Å². The van der Waals surface area contributed by atoms with Crippen LogP contribution in [0.25, 0.3) is 0 Å². The van der Waals surface area contributed by atoms with Crippen molar-refractivity contribution < 1.29 is 22.0 Å². The predicted octanol–water partition coefficient (Wildman–Crippen LogP) is 2.72. The van der Waals surface area contributed by atoms with Crippen LogP contribution < -0.4 is 10.0 Å². The molecule has 0 bridgehead atoms. The minimum absolute atomic E-state index is 0.0198. The second-order valence-corrected chi connectivity index (χ2v) is 7.91. The van der Waals surface area contributed by atoms with Gasteiger partial charge in [0.05, 0.1) is 5.75 Å². The molecule has 0 aliphatic rings. The number of rotatable bonds is 7. The van der Waals surface area contributed by atoms with Gasteiger partial charge in [-0.15, -0.1) is 0 Å². The van der Waals surface area contributed by atoms with Crippen LogP contribution in [0.5, 0.6) is 0 Å². The van der Waals surface area contributed by atoms with Gasteiger partial charge in [-0.2, -0.15) is 0 Å². The first-order valence-electron chi connectivity index (χ1n) is 7.97. The molecule has 0 heterocycles. The van der Waals surface area contributed by atoms with Crippen molar-refractivity contribution in [1.82, 2.24) is 10.0 Å². The van der Waals surface area contributed by atoms with Crippen LogP contribution >= 0.6 is 0 Å². The van der Waals surface area contributed by atoms with Crippen molar-refractivity contribution in [3.8, 4) is 0 Å². The summed E-state index contributed by atoms with van der Waals surface area (Å²) >= 11 is 0. The van der Waals surface area contributed by atoms with Gasteiger partial charge in [0.2, 0.25) is 10.0 Å². The van der Waals surface area contributed by atoms with Crippen molar-refractivity contribution in [1.29, 1.82) is 0 Å². The predicted molar refractivity (Wildman–Crippen MR) is 94.9 cm³/mol. The Labute approximate surface area is 151 Å². The maximum absolute atomic E-state index is 13.2. The van der Waals surface area contributed by atoms with Gasteiger partial charge in [-0.3, -0.25) is 4.79 Å². The molecule has 0 radical (unpaired) electrons. The maximum Gasteiger partial charge on any atom is 0.251 e. The van der Waals surface area contributed by atoms with Crippen molar-refractivity contribution in [3.05, 3.63) is 70.8 Å². The number of halogens is 2. The van der Waals surface area contributed by atoms with Crippen LogP contribution in [0.15, 0.2) is 42.5 Å². The highest BCUT2D eigenvalue weighted by Crippen LogP contribution is 2.10. The number of nitrogens with one attached hydrogen (secondary N) is 2. The first kappa shape index (κ1) is 20.0. The molecule has 0 aliphatic heterocycles. The lowest BCUT2D eigenvalue weighted by Crippen LogP contribution is -2.31. The lowest BCUT2D eigenvalue weighted by Gasteiger charge is -2.10. The number of benzene rings is 2. The fourth-order valence-electron chi connectivity index (χ4n) is 2.30. The van der Waals surface area contributed by atoms with Gasteiger partial charge in [0.25, 0.3) is 5.91 Å². The second-order valence-electron chi connectivity index (χ2n) is 6.16. The third-order valence-corrected chi connectivity index (χ3v) is 4.97. The van der Waals surface area contributed by atoms with Crippen molar-refractivity contribution >= 4 is 15.9 Å². The Balaban J connectivity index is 1.94. The van der Waals surface area contributed by atoms with E-state index in [0.717, 1.165) is 17.7 Å². The summed E-state index contributed by atoms with van der Waals surface area (Å²) in [6, 6.07) is 9.48. The molecule has 8 heteroatoms. The number of hydrogen-bond acceptors (Lipinski definition) is 3. The van der Waals surface area contributed by atoms with Gasteiger partial charge in [0, 0.05) is 18.2 Å². The summed E-state index contributed by atoms with van der Waals surface area (Å²) in [6.45, 7) is 3.67. The van der Waals surface area contributed by atoms with Gasteiger partial charge >= 0.3 is 0 Å². The van der Waals surface area contributed by atoms with Crippen molar-refractivity contribution in [2.75, 3.05) is 0 Å². The van der Waals surface area contributed by atoms with E-state index in [2.05, 4.69) is 10.0 Å². The zero-order valence-electron chi connectivity index (χ0n) is 14.4. The van der Waals surface area contributed by atoms with E-state index in [9.17, 15) is 22.0 Å². The monoisotopic (exact) mass is 382 g/mol. The third kappa shape index (κ3) is 5.89. The van der Waals surface area contributed by atoms with Crippen LogP contribution in [0, 0.1) is 11.6 Å². The minimum atomic E-state index is -3.40. The Kier molecular flexibility index (Phi) is 6.44. The molecule has 2 aromatic rings. The van der Waals surface area contributed by atoms with Gasteiger partial charge in [0.15, 0.2) is 11.6 Å². The Morgan fingerprint density at radius 1 is 1.00 bits per heavy atom. The number of sulfonamides is 1. The molecule has 0 aromatic heterocycles. The molecule has 2 rings (SSSR count). The second kappa shape index (κ2) is 8.37. The van der Waals surface area contributed by atoms with Crippen molar-refractivity contribution in [3.63, 3.8) is 0 Å². The normalized spacial score (nSPS) is 11.6. The van der Waals surface area contributed by atoms with Crippen LogP contribution in [-0.4, -0.2) is 20.4 Å². The van der Waals surface area contributed by atoms with Gasteiger partial charge in [-0.25, -0.2) is 21.9 Å². The third-order valence-electron chi connectivity index (χ3n) is 3.43. The molecule has 0 fully saturated rings. The first-order valence-corrected chi connectivity index (χ1v) is 9.62. The highest BCUT2D eigenvalue weighted by molar-refractivity contribution is 7.88. The molecule has 0 aliphatic carbocycles. The first-order chi connectivity index (χ1) is 12.2. The quantitative estimate of drug-likeness (QED) is 0.773. The summed E-state index contributed by atoms with van der Waals surface area (Å²) in [6.07, 6.45) is 0. The fourth-order valence-corrected chi connectivity index (χ4v) is 3.73. The molecule has 1 amide bonds. The average molecular weight is 382 g/mol. The molecule has 0 saturated carbocycles. The number of carbonyl (C=O) groups is 1. The molecule has 0 spiro atoms. The molecule has 2 N–H and O–H groups in total. The molecule has 140 valence electrons.